The number of fused-ring (bicyclic) bond motifs is 1. The molecule has 3 rings (SSSR count). The van der Waals surface area contributed by atoms with E-state index >= 15 is 0 Å². The predicted molar refractivity (Wildman–Crippen MR) is 102 cm³/mol. The molecule has 2 aromatic rings. The van der Waals surface area contributed by atoms with Crippen LogP contribution in [-0.2, 0) is 16.3 Å². The maximum atomic E-state index is 12.3. The molecule has 1 N–H and O–H groups in total. The first-order valence-electron chi connectivity index (χ1n) is 8.70. The van der Waals surface area contributed by atoms with Crippen LogP contribution < -0.4 is 14.8 Å². The molecule has 0 unspecified atom stereocenters. The monoisotopic (exact) mass is 375 g/mol. The van der Waals surface area contributed by atoms with Crippen LogP contribution in [0.3, 0.4) is 0 Å². The Balaban J connectivity index is 2.00. The van der Waals surface area contributed by atoms with Crippen LogP contribution in [0.5, 0.6) is 11.5 Å². The number of benzene rings is 2. The Kier molecular flexibility index (Phi) is 5.25. The highest BCUT2D eigenvalue weighted by molar-refractivity contribution is 7.92. The summed E-state index contributed by atoms with van der Waals surface area (Å²) in [5.74, 6) is 1.42. The predicted octanol–water partition coefficient (Wildman–Crippen LogP) is 3.12. The summed E-state index contributed by atoms with van der Waals surface area (Å²) in [6.45, 7) is 4.24. The molecule has 0 aliphatic carbocycles. The molecular weight excluding hydrogens is 350 g/mol. The molecule has 5 nitrogen and oxygen atoms in total. The minimum Gasteiger partial charge on any atom is -0.493 e. The Hall–Kier alpha value is -2.05. The Morgan fingerprint density at radius 1 is 1.04 bits per heavy atom. The van der Waals surface area contributed by atoms with Gasteiger partial charge in [0.2, 0.25) is 0 Å². The molecule has 140 valence electrons. The van der Waals surface area contributed by atoms with Crippen LogP contribution in [0.2, 0.25) is 0 Å². The summed E-state index contributed by atoms with van der Waals surface area (Å²) in [6.07, 6.45) is 0.909. The standard InChI is InChI=1S/C20H25NO4S/c1-13(2)26(22,23)16-7-5-14(6-8-16)20-17-12-19(25-4)18(24-3)11-15(17)9-10-21-20/h5-8,11-13,20-21H,9-10H2,1-4H3/t20-/m1/s1. The third-order valence-corrected chi connectivity index (χ3v) is 7.03. The van der Waals surface area contributed by atoms with Crippen molar-refractivity contribution in [3.63, 3.8) is 0 Å². The molecule has 0 saturated carbocycles. The average molecular weight is 375 g/mol. The van der Waals surface area contributed by atoms with E-state index in [0.29, 0.717) is 10.6 Å². The van der Waals surface area contributed by atoms with Gasteiger partial charge >= 0.3 is 0 Å². The van der Waals surface area contributed by atoms with E-state index in [2.05, 4.69) is 5.32 Å². The number of nitrogens with one attached hydrogen (secondary N) is 1. The van der Waals surface area contributed by atoms with Crippen LogP contribution in [0.15, 0.2) is 41.3 Å². The number of methoxy groups -OCH3 is 2. The molecule has 6 heteroatoms. The highest BCUT2D eigenvalue weighted by Crippen LogP contribution is 2.37. The van der Waals surface area contributed by atoms with Crippen molar-refractivity contribution in [2.24, 2.45) is 0 Å². The van der Waals surface area contributed by atoms with Gasteiger partial charge in [0.25, 0.3) is 0 Å². The normalized spacial score (nSPS) is 17.0. The smallest absolute Gasteiger partial charge is 0.180 e. The lowest BCUT2D eigenvalue weighted by molar-refractivity contribution is 0.353. The van der Waals surface area contributed by atoms with Gasteiger partial charge in [0.05, 0.1) is 30.4 Å². The van der Waals surface area contributed by atoms with Crippen molar-refractivity contribution in [1.29, 1.82) is 0 Å². The van der Waals surface area contributed by atoms with E-state index in [0.717, 1.165) is 29.8 Å². The fourth-order valence-corrected chi connectivity index (χ4v) is 4.36. The van der Waals surface area contributed by atoms with E-state index in [9.17, 15) is 8.42 Å². The molecule has 0 saturated heterocycles. The Bertz CT molecular complexity index is 889. The van der Waals surface area contributed by atoms with Crippen molar-refractivity contribution < 1.29 is 17.9 Å². The lowest BCUT2D eigenvalue weighted by atomic mass is 9.89. The van der Waals surface area contributed by atoms with Crippen molar-refractivity contribution in [3.8, 4) is 11.5 Å². The fraction of sp³-hybridized carbons (Fsp3) is 0.400. The third kappa shape index (κ3) is 3.31. The van der Waals surface area contributed by atoms with E-state index in [1.807, 2.05) is 24.3 Å². The number of hydrogen-bond donors (Lipinski definition) is 1. The molecule has 0 radical (unpaired) electrons. The molecule has 0 aromatic heterocycles. The van der Waals surface area contributed by atoms with Gasteiger partial charge in [-0.05, 0) is 61.2 Å². The van der Waals surface area contributed by atoms with Crippen molar-refractivity contribution in [3.05, 3.63) is 53.1 Å². The molecule has 0 spiro atoms. The van der Waals surface area contributed by atoms with Crippen molar-refractivity contribution in [2.75, 3.05) is 20.8 Å². The van der Waals surface area contributed by atoms with E-state index in [1.54, 1.807) is 40.2 Å². The topological polar surface area (TPSA) is 64.6 Å². The van der Waals surface area contributed by atoms with Crippen LogP contribution in [0.4, 0.5) is 0 Å². The first kappa shape index (κ1) is 18.7. The van der Waals surface area contributed by atoms with Gasteiger partial charge in [0.1, 0.15) is 0 Å². The van der Waals surface area contributed by atoms with E-state index in [1.165, 1.54) is 5.56 Å². The van der Waals surface area contributed by atoms with Gasteiger partial charge in [-0.15, -0.1) is 0 Å². The maximum absolute atomic E-state index is 12.3. The number of hydrogen-bond acceptors (Lipinski definition) is 5. The van der Waals surface area contributed by atoms with Crippen molar-refractivity contribution >= 4 is 9.84 Å². The van der Waals surface area contributed by atoms with Crippen molar-refractivity contribution in [1.82, 2.24) is 5.32 Å². The lowest BCUT2D eigenvalue weighted by Crippen LogP contribution is -2.30. The van der Waals surface area contributed by atoms with E-state index in [4.69, 9.17) is 9.47 Å². The summed E-state index contributed by atoms with van der Waals surface area (Å²) in [5, 5.41) is 3.08. The average Bonchev–Trinajstić information content (AvgIpc) is 2.66. The summed E-state index contributed by atoms with van der Waals surface area (Å²) in [4.78, 5) is 0.361. The molecule has 1 atom stereocenters. The molecule has 1 aliphatic heterocycles. The van der Waals surface area contributed by atoms with Crippen molar-refractivity contribution in [2.45, 2.75) is 36.5 Å². The molecule has 26 heavy (non-hydrogen) atoms. The molecule has 0 bridgehead atoms. The summed E-state index contributed by atoms with van der Waals surface area (Å²) in [6, 6.07) is 11.2. The van der Waals surface area contributed by atoms with Gasteiger partial charge in [-0.2, -0.15) is 0 Å². The van der Waals surface area contributed by atoms with Gasteiger partial charge in [-0.1, -0.05) is 12.1 Å². The summed E-state index contributed by atoms with van der Waals surface area (Å²) in [5.41, 5.74) is 3.37. The Morgan fingerprint density at radius 3 is 2.23 bits per heavy atom. The number of ether oxygens (including phenoxy) is 2. The molecule has 1 aliphatic rings. The first-order valence-corrected chi connectivity index (χ1v) is 10.2. The second kappa shape index (κ2) is 7.29. The summed E-state index contributed by atoms with van der Waals surface area (Å²) < 4.78 is 35.5. The van der Waals surface area contributed by atoms with Crippen LogP contribution in [-0.4, -0.2) is 34.4 Å². The second-order valence-electron chi connectivity index (χ2n) is 6.71. The second-order valence-corrected chi connectivity index (χ2v) is 9.21. The van der Waals surface area contributed by atoms with Crippen LogP contribution >= 0.6 is 0 Å². The molecule has 0 amide bonds. The largest absolute Gasteiger partial charge is 0.493 e. The lowest BCUT2D eigenvalue weighted by Gasteiger charge is -2.28. The summed E-state index contributed by atoms with van der Waals surface area (Å²) in [7, 11) is 0.000163. The quantitative estimate of drug-likeness (QED) is 0.870. The molecule has 1 heterocycles. The zero-order chi connectivity index (χ0) is 18.9. The van der Waals surface area contributed by atoms with Gasteiger partial charge in [-0.25, -0.2) is 8.42 Å². The van der Waals surface area contributed by atoms with E-state index < -0.39 is 15.1 Å². The first-order chi connectivity index (χ1) is 12.4. The zero-order valence-corrected chi connectivity index (χ0v) is 16.4. The van der Waals surface area contributed by atoms with Gasteiger partial charge < -0.3 is 14.8 Å². The molecular formula is C20H25NO4S. The molecule has 2 aromatic carbocycles. The van der Waals surface area contributed by atoms with Gasteiger partial charge in [0.15, 0.2) is 21.3 Å². The SMILES string of the molecule is COc1cc2c(cc1OC)[C@@H](c1ccc(S(=O)(=O)C(C)C)cc1)NCC2. The summed E-state index contributed by atoms with van der Waals surface area (Å²) >= 11 is 0. The minimum atomic E-state index is -3.26. The fourth-order valence-electron chi connectivity index (χ4n) is 3.30. The highest BCUT2D eigenvalue weighted by Gasteiger charge is 2.25. The highest BCUT2D eigenvalue weighted by atomic mass is 32.2. The Morgan fingerprint density at radius 2 is 1.65 bits per heavy atom. The Labute approximate surface area is 155 Å². The number of rotatable bonds is 5. The maximum Gasteiger partial charge on any atom is 0.180 e. The number of sulfone groups is 1. The van der Waals surface area contributed by atoms with Crippen LogP contribution in [0.1, 0.15) is 36.6 Å². The minimum absolute atomic E-state index is 0.00522. The van der Waals surface area contributed by atoms with Crippen LogP contribution in [0, 0.1) is 0 Å². The van der Waals surface area contributed by atoms with Gasteiger partial charge in [-0.3, -0.25) is 0 Å². The van der Waals surface area contributed by atoms with E-state index in [-0.39, 0.29) is 6.04 Å². The molecule has 0 fully saturated rings. The third-order valence-electron chi connectivity index (χ3n) is 4.86. The van der Waals surface area contributed by atoms with Crippen LogP contribution in [0.25, 0.3) is 0 Å². The van der Waals surface area contributed by atoms with Gasteiger partial charge in [0, 0.05) is 6.54 Å². The zero-order valence-electron chi connectivity index (χ0n) is 15.6.